The molecule has 4 N–H and O–H groups in total. The number of carbonyl (C=O) groups excluding carboxylic acids is 1. The van der Waals surface area contributed by atoms with E-state index in [2.05, 4.69) is 26.2 Å². The minimum absolute atomic E-state index is 0.298. The van der Waals surface area contributed by atoms with E-state index in [1.807, 2.05) is 0 Å². The van der Waals surface area contributed by atoms with Crippen molar-refractivity contribution in [3.63, 3.8) is 0 Å². The summed E-state index contributed by atoms with van der Waals surface area (Å²) in [4.78, 5) is 25.4. The Morgan fingerprint density at radius 3 is 2.72 bits per heavy atom. The van der Waals surface area contributed by atoms with E-state index in [1.54, 1.807) is 18.2 Å². The first-order chi connectivity index (χ1) is 8.56. The van der Waals surface area contributed by atoms with Crippen LogP contribution in [0.2, 0.25) is 0 Å². The molecule has 6 heteroatoms. The zero-order valence-corrected chi connectivity index (χ0v) is 10.8. The van der Waals surface area contributed by atoms with Crippen LogP contribution in [0.3, 0.4) is 0 Å². The van der Waals surface area contributed by atoms with Crippen molar-refractivity contribution in [1.29, 1.82) is 0 Å². The third kappa shape index (κ3) is 2.78. The number of rotatable bonds is 2. The molecule has 0 aliphatic rings. The van der Waals surface area contributed by atoms with Gasteiger partial charge in [0.15, 0.2) is 0 Å². The number of carbonyl (C=O) groups is 1. The van der Waals surface area contributed by atoms with E-state index in [0.29, 0.717) is 21.4 Å². The van der Waals surface area contributed by atoms with Crippen molar-refractivity contribution in [2.45, 2.75) is 0 Å². The summed E-state index contributed by atoms with van der Waals surface area (Å²) in [5.41, 5.74) is 6.81. The molecule has 18 heavy (non-hydrogen) atoms. The van der Waals surface area contributed by atoms with Gasteiger partial charge in [-0.1, -0.05) is 0 Å². The molecule has 5 nitrogen and oxygen atoms in total. The number of benzene rings is 1. The van der Waals surface area contributed by atoms with Crippen molar-refractivity contribution >= 4 is 33.2 Å². The van der Waals surface area contributed by atoms with Crippen LogP contribution in [-0.4, -0.2) is 10.9 Å². The first-order valence-electron chi connectivity index (χ1n) is 5.11. The van der Waals surface area contributed by atoms with Gasteiger partial charge < -0.3 is 16.0 Å². The topological polar surface area (TPSA) is 88.0 Å². The van der Waals surface area contributed by atoms with Crippen LogP contribution < -0.4 is 16.6 Å². The molecule has 0 saturated heterocycles. The molecule has 1 aromatic heterocycles. The molecule has 0 bridgehead atoms. The fraction of sp³-hybridized carbons (Fsp3) is 0. The van der Waals surface area contributed by atoms with Gasteiger partial charge in [0.05, 0.1) is 0 Å². The number of amides is 1. The number of anilines is 2. The Kier molecular flexibility index (Phi) is 3.47. The maximum Gasteiger partial charge on any atom is 0.255 e. The van der Waals surface area contributed by atoms with E-state index >= 15 is 0 Å². The number of pyridine rings is 1. The first-order valence-corrected chi connectivity index (χ1v) is 5.90. The van der Waals surface area contributed by atoms with Gasteiger partial charge in [0.1, 0.15) is 0 Å². The third-order valence-corrected chi connectivity index (χ3v) is 2.98. The Balaban J connectivity index is 2.21. The number of nitrogens with one attached hydrogen (secondary N) is 2. The molecular formula is C12H10BrN3O2. The van der Waals surface area contributed by atoms with Crippen LogP contribution in [0.25, 0.3) is 0 Å². The molecule has 0 unspecified atom stereocenters. The number of nitrogen functional groups attached to an aromatic ring is 1. The number of aromatic nitrogens is 1. The first kappa shape index (κ1) is 12.4. The predicted molar refractivity (Wildman–Crippen MR) is 73.6 cm³/mol. The summed E-state index contributed by atoms with van der Waals surface area (Å²) in [6.45, 7) is 0. The number of H-pyrrole nitrogens is 1. The van der Waals surface area contributed by atoms with Crippen molar-refractivity contribution in [2.75, 3.05) is 11.1 Å². The number of aromatic amines is 1. The van der Waals surface area contributed by atoms with E-state index in [0.717, 1.165) is 0 Å². The fourth-order valence-electron chi connectivity index (χ4n) is 1.39. The quantitative estimate of drug-likeness (QED) is 0.741. The van der Waals surface area contributed by atoms with Crippen molar-refractivity contribution in [2.24, 2.45) is 0 Å². The van der Waals surface area contributed by atoms with Gasteiger partial charge in [-0.05, 0) is 40.2 Å². The van der Waals surface area contributed by atoms with E-state index in [4.69, 9.17) is 5.73 Å². The summed E-state index contributed by atoms with van der Waals surface area (Å²) in [6, 6.07) is 7.83. The highest BCUT2D eigenvalue weighted by molar-refractivity contribution is 9.10. The normalized spacial score (nSPS) is 10.1. The van der Waals surface area contributed by atoms with Crippen LogP contribution in [0.4, 0.5) is 11.4 Å². The molecule has 1 heterocycles. The van der Waals surface area contributed by atoms with Gasteiger partial charge in [-0.15, -0.1) is 0 Å². The van der Waals surface area contributed by atoms with Crippen molar-refractivity contribution in [3.05, 3.63) is 56.9 Å². The Hall–Kier alpha value is -2.08. The molecule has 0 aliphatic carbocycles. The summed E-state index contributed by atoms with van der Waals surface area (Å²) in [5, 5.41) is 2.68. The van der Waals surface area contributed by atoms with Gasteiger partial charge in [0.2, 0.25) is 5.56 Å². The molecule has 1 aromatic carbocycles. The molecule has 92 valence electrons. The number of nitrogens with two attached hydrogens (primary N) is 1. The van der Waals surface area contributed by atoms with Crippen LogP contribution >= 0.6 is 15.9 Å². The number of hydrogen-bond donors (Lipinski definition) is 3. The Morgan fingerprint density at radius 2 is 2.06 bits per heavy atom. The van der Waals surface area contributed by atoms with Crippen LogP contribution in [0.1, 0.15) is 10.4 Å². The monoisotopic (exact) mass is 307 g/mol. The van der Waals surface area contributed by atoms with Crippen molar-refractivity contribution in [3.8, 4) is 0 Å². The molecule has 0 saturated carbocycles. The third-order valence-electron chi connectivity index (χ3n) is 2.30. The van der Waals surface area contributed by atoms with Gasteiger partial charge in [-0.25, -0.2) is 0 Å². The SMILES string of the molecule is Nc1ccc(NC(=O)c2cc[nH]c(=O)c2)cc1Br. The summed E-state index contributed by atoms with van der Waals surface area (Å²) < 4.78 is 0.700. The fourth-order valence-corrected chi connectivity index (χ4v) is 1.77. The van der Waals surface area contributed by atoms with Gasteiger partial charge >= 0.3 is 0 Å². The van der Waals surface area contributed by atoms with E-state index < -0.39 is 0 Å². The molecule has 0 spiro atoms. The lowest BCUT2D eigenvalue weighted by Crippen LogP contribution is -2.15. The molecule has 1 amide bonds. The lowest BCUT2D eigenvalue weighted by atomic mass is 10.2. The predicted octanol–water partition coefficient (Wildman–Crippen LogP) is 1.97. The van der Waals surface area contributed by atoms with E-state index in [1.165, 1.54) is 18.3 Å². The van der Waals surface area contributed by atoms with Gasteiger partial charge in [0.25, 0.3) is 5.91 Å². The molecule has 2 rings (SSSR count). The number of halogens is 1. The second-order valence-corrected chi connectivity index (χ2v) is 4.49. The van der Waals surface area contributed by atoms with Crippen LogP contribution in [-0.2, 0) is 0 Å². The second kappa shape index (κ2) is 5.05. The van der Waals surface area contributed by atoms with Crippen LogP contribution in [0.15, 0.2) is 45.8 Å². The summed E-state index contributed by atoms with van der Waals surface area (Å²) in [5.74, 6) is -0.349. The largest absolute Gasteiger partial charge is 0.398 e. The molecule has 2 aromatic rings. The minimum atomic E-state index is -0.349. The average Bonchev–Trinajstić information content (AvgIpc) is 2.34. The molecular weight excluding hydrogens is 298 g/mol. The highest BCUT2D eigenvalue weighted by atomic mass is 79.9. The lowest BCUT2D eigenvalue weighted by molar-refractivity contribution is 0.102. The minimum Gasteiger partial charge on any atom is -0.398 e. The summed E-state index contributed by atoms with van der Waals surface area (Å²) in [6.07, 6.45) is 1.43. The van der Waals surface area contributed by atoms with Crippen LogP contribution in [0, 0.1) is 0 Å². The Bertz CT molecular complexity index is 652. The van der Waals surface area contributed by atoms with Gasteiger partial charge in [-0.3, -0.25) is 9.59 Å². The highest BCUT2D eigenvalue weighted by Crippen LogP contribution is 2.23. The Labute approximate surface area is 111 Å². The molecule has 0 radical (unpaired) electrons. The highest BCUT2D eigenvalue weighted by Gasteiger charge is 2.07. The zero-order valence-electron chi connectivity index (χ0n) is 9.24. The lowest BCUT2D eigenvalue weighted by Gasteiger charge is -2.06. The maximum absolute atomic E-state index is 11.9. The smallest absolute Gasteiger partial charge is 0.255 e. The summed E-state index contributed by atoms with van der Waals surface area (Å²) >= 11 is 3.27. The maximum atomic E-state index is 11.9. The molecule has 0 atom stereocenters. The Morgan fingerprint density at radius 1 is 1.28 bits per heavy atom. The summed E-state index contributed by atoms with van der Waals surface area (Å²) in [7, 11) is 0. The van der Waals surface area contributed by atoms with Crippen LogP contribution in [0.5, 0.6) is 0 Å². The van der Waals surface area contributed by atoms with Gasteiger partial charge in [-0.2, -0.15) is 0 Å². The second-order valence-electron chi connectivity index (χ2n) is 3.63. The van der Waals surface area contributed by atoms with Crippen molar-refractivity contribution in [1.82, 2.24) is 4.98 Å². The average molecular weight is 308 g/mol. The molecule has 0 fully saturated rings. The van der Waals surface area contributed by atoms with E-state index in [9.17, 15) is 9.59 Å². The zero-order chi connectivity index (χ0) is 13.1. The standard InChI is InChI=1S/C12H10BrN3O2/c13-9-6-8(1-2-10(9)14)16-12(18)7-3-4-15-11(17)5-7/h1-6H,14H2,(H,15,17)(H,16,18). The molecule has 0 aliphatic heterocycles. The van der Waals surface area contributed by atoms with Gasteiger partial charge in [0, 0.05) is 33.7 Å². The van der Waals surface area contributed by atoms with E-state index in [-0.39, 0.29) is 11.5 Å². The number of hydrogen-bond acceptors (Lipinski definition) is 3. The van der Waals surface area contributed by atoms with Crippen molar-refractivity contribution < 1.29 is 4.79 Å².